The van der Waals surface area contributed by atoms with E-state index in [1.54, 1.807) is 24.3 Å². The molecule has 1 fully saturated rings. The number of piperidine rings is 1. The van der Waals surface area contributed by atoms with Gasteiger partial charge >= 0.3 is 0 Å². The van der Waals surface area contributed by atoms with E-state index in [-0.39, 0.29) is 18.3 Å². The minimum Gasteiger partial charge on any atom is -0.487 e. The highest BCUT2D eigenvalue weighted by Gasteiger charge is 2.23. The van der Waals surface area contributed by atoms with Crippen LogP contribution >= 0.6 is 0 Å². The molecule has 1 aromatic heterocycles. The summed E-state index contributed by atoms with van der Waals surface area (Å²) in [6, 6.07) is 13.4. The van der Waals surface area contributed by atoms with Crippen LogP contribution in [-0.4, -0.2) is 24.7 Å². The molecule has 4 rings (SSSR count). The molecule has 6 heteroatoms. The Bertz CT molecular complexity index is 1160. The van der Waals surface area contributed by atoms with Crippen LogP contribution in [0.15, 0.2) is 48.7 Å². The largest absolute Gasteiger partial charge is 0.487 e. The molecule has 3 aromatic rings. The predicted octanol–water partition coefficient (Wildman–Crippen LogP) is 6.32. The summed E-state index contributed by atoms with van der Waals surface area (Å²) in [7, 11) is 0. The number of hydrogen-bond donors (Lipinski definition) is 0. The number of pyridine rings is 1. The Morgan fingerprint density at radius 3 is 2.26 bits per heavy atom. The van der Waals surface area contributed by atoms with Gasteiger partial charge in [-0.2, -0.15) is 5.26 Å². The molecular weight excluding hydrogens is 432 g/mol. The van der Waals surface area contributed by atoms with Crippen molar-refractivity contribution in [2.24, 2.45) is 5.92 Å². The van der Waals surface area contributed by atoms with Gasteiger partial charge in [-0.15, -0.1) is 0 Å². The zero-order chi connectivity index (χ0) is 24.1. The summed E-state index contributed by atoms with van der Waals surface area (Å²) in [4.78, 5) is 7.02. The number of nitrogens with zero attached hydrogens (tertiary/aromatic N) is 3. The van der Waals surface area contributed by atoms with E-state index in [4.69, 9.17) is 15.0 Å². The minimum absolute atomic E-state index is 0.230. The molecule has 2 heterocycles. The van der Waals surface area contributed by atoms with Gasteiger partial charge in [0.15, 0.2) is 17.4 Å². The third-order valence-electron chi connectivity index (χ3n) is 6.51. The first-order valence-electron chi connectivity index (χ1n) is 11.9. The summed E-state index contributed by atoms with van der Waals surface area (Å²) in [6.07, 6.45) is 5.63. The monoisotopic (exact) mass is 461 g/mol. The molecule has 0 aliphatic carbocycles. The quantitative estimate of drug-likeness (QED) is 0.413. The van der Waals surface area contributed by atoms with Crippen LogP contribution in [0, 0.1) is 28.9 Å². The van der Waals surface area contributed by atoms with Gasteiger partial charge in [0.25, 0.3) is 0 Å². The minimum atomic E-state index is -0.718. The Labute approximate surface area is 199 Å². The van der Waals surface area contributed by atoms with Crippen LogP contribution < -0.4 is 9.64 Å². The molecule has 2 aromatic carbocycles. The number of benzene rings is 2. The van der Waals surface area contributed by atoms with Crippen molar-refractivity contribution >= 4 is 5.82 Å². The number of rotatable bonds is 7. The fourth-order valence-corrected chi connectivity index (χ4v) is 4.41. The van der Waals surface area contributed by atoms with Crippen LogP contribution in [-0.2, 0) is 12.8 Å². The molecule has 0 N–H and O–H groups in total. The highest BCUT2D eigenvalue weighted by atomic mass is 19.1. The lowest BCUT2D eigenvalue weighted by atomic mass is 9.97. The molecule has 176 valence electrons. The fraction of sp³-hybridized carbons (Fsp3) is 0.357. The zero-order valence-corrected chi connectivity index (χ0v) is 19.7. The van der Waals surface area contributed by atoms with E-state index >= 15 is 0 Å². The van der Waals surface area contributed by atoms with Crippen molar-refractivity contribution in [3.8, 4) is 22.9 Å². The first kappa shape index (κ1) is 23.7. The Morgan fingerprint density at radius 2 is 1.68 bits per heavy atom. The highest BCUT2D eigenvalue weighted by Crippen LogP contribution is 2.31. The predicted molar refractivity (Wildman–Crippen MR) is 130 cm³/mol. The van der Waals surface area contributed by atoms with Gasteiger partial charge < -0.3 is 9.64 Å². The molecule has 1 saturated heterocycles. The third kappa shape index (κ3) is 5.20. The van der Waals surface area contributed by atoms with Gasteiger partial charge in [-0.3, -0.25) is 0 Å². The van der Waals surface area contributed by atoms with E-state index < -0.39 is 11.6 Å². The molecule has 34 heavy (non-hydrogen) atoms. The molecule has 1 aliphatic heterocycles. The average molecular weight is 462 g/mol. The Hall–Kier alpha value is -3.46. The lowest BCUT2D eigenvalue weighted by Gasteiger charge is -2.34. The normalized spacial score (nSPS) is 14.1. The number of nitriles is 1. The zero-order valence-electron chi connectivity index (χ0n) is 19.7. The molecule has 0 saturated carbocycles. The van der Waals surface area contributed by atoms with Crippen molar-refractivity contribution in [1.29, 1.82) is 5.26 Å². The number of aryl methyl sites for hydroxylation is 2. The fourth-order valence-electron chi connectivity index (χ4n) is 4.41. The van der Waals surface area contributed by atoms with E-state index in [9.17, 15) is 8.78 Å². The average Bonchev–Trinajstić information content (AvgIpc) is 2.88. The molecular formula is C28H29F2N3O. The van der Waals surface area contributed by atoms with Crippen LogP contribution in [0.2, 0.25) is 0 Å². The Morgan fingerprint density at radius 1 is 1.00 bits per heavy atom. The number of aromatic nitrogens is 1. The lowest BCUT2D eigenvalue weighted by molar-refractivity contribution is 0.207. The van der Waals surface area contributed by atoms with Crippen molar-refractivity contribution in [3.05, 3.63) is 77.0 Å². The van der Waals surface area contributed by atoms with Gasteiger partial charge in [-0.1, -0.05) is 32.0 Å². The first-order valence-corrected chi connectivity index (χ1v) is 11.9. The van der Waals surface area contributed by atoms with Crippen LogP contribution in [0.3, 0.4) is 0 Å². The highest BCUT2D eigenvalue weighted by molar-refractivity contribution is 5.65. The molecule has 0 spiro atoms. The number of hydrogen-bond acceptors (Lipinski definition) is 4. The molecule has 1 aliphatic rings. The van der Waals surface area contributed by atoms with Gasteiger partial charge in [-0.05, 0) is 78.1 Å². The van der Waals surface area contributed by atoms with Crippen LogP contribution in [0.5, 0.6) is 5.75 Å². The molecule has 0 atom stereocenters. The summed E-state index contributed by atoms with van der Waals surface area (Å²) in [5.74, 6) is -0.484. The number of ether oxygens (including phenoxy) is 1. The smallest absolute Gasteiger partial charge is 0.190 e. The summed E-state index contributed by atoms with van der Waals surface area (Å²) in [5, 5.41) is 8.91. The van der Waals surface area contributed by atoms with E-state index in [0.717, 1.165) is 44.6 Å². The number of anilines is 1. The van der Waals surface area contributed by atoms with Crippen molar-refractivity contribution in [1.82, 2.24) is 4.98 Å². The van der Waals surface area contributed by atoms with Gasteiger partial charge in [0.05, 0.1) is 18.2 Å². The maximum atomic E-state index is 14.7. The van der Waals surface area contributed by atoms with Crippen molar-refractivity contribution in [3.63, 3.8) is 0 Å². The van der Waals surface area contributed by atoms with Gasteiger partial charge in [0.2, 0.25) is 0 Å². The third-order valence-corrected chi connectivity index (χ3v) is 6.51. The van der Waals surface area contributed by atoms with Crippen molar-refractivity contribution in [2.45, 2.75) is 39.5 Å². The van der Waals surface area contributed by atoms with E-state index in [1.165, 1.54) is 23.3 Å². The second kappa shape index (κ2) is 10.6. The summed E-state index contributed by atoms with van der Waals surface area (Å²) in [6.45, 7) is 6.26. The van der Waals surface area contributed by atoms with Gasteiger partial charge in [0.1, 0.15) is 5.82 Å². The molecule has 0 unspecified atom stereocenters. The van der Waals surface area contributed by atoms with Crippen molar-refractivity contribution in [2.75, 3.05) is 24.6 Å². The SMILES string of the molecule is CCc1cnc(N2CCC(COc3c(F)cc(-c4ccc(C#N)cc4)cc3F)CC2)c(CC)c1. The van der Waals surface area contributed by atoms with Crippen LogP contribution in [0.25, 0.3) is 11.1 Å². The summed E-state index contributed by atoms with van der Waals surface area (Å²) < 4.78 is 35.0. The van der Waals surface area contributed by atoms with Crippen LogP contribution in [0.1, 0.15) is 43.4 Å². The second-order valence-electron chi connectivity index (χ2n) is 8.73. The first-order chi connectivity index (χ1) is 16.5. The molecule has 0 radical (unpaired) electrons. The van der Waals surface area contributed by atoms with Gasteiger partial charge in [-0.25, -0.2) is 13.8 Å². The van der Waals surface area contributed by atoms with Crippen molar-refractivity contribution < 1.29 is 13.5 Å². The lowest BCUT2D eigenvalue weighted by Crippen LogP contribution is -2.36. The molecule has 0 amide bonds. The Balaban J connectivity index is 1.37. The molecule has 0 bridgehead atoms. The summed E-state index contributed by atoms with van der Waals surface area (Å²) >= 11 is 0. The van der Waals surface area contributed by atoms with Crippen LogP contribution in [0.4, 0.5) is 14.6 Å². The maximum Gasteiger partial charge on any atom is 0.190 e. The number of halogens is 2. The standard InChI is InChI=1S/C28H29F2N3O/c1-3-19-13-22(4-2)28(32-17-19)33-11-9-21(10-12-33)18-34-27-25(29)14-24(15-26(27)30)23-7-5-20(16-31)6-8-23/h5-8,13-15,17,21H,3-4,9-12,18H2,1-2H3. The maximum absolute atomic E-state index is 14.7. The second-order valence-corrected chi connectivity index (χ2v) is 8.73. The van der Waals surface area contributed by atoms with E-state index in [0.29, 0.717) is 16.7 Å². The summed E-state index contributed by atoms with van der Waals surface area (Å²) in [5.41, 5.74) is 4.06. The van der Waals surface area contributed by atoms with Gasteiger partial charge in [0, 0.05) is 19.3 Å². The molecule has 4 nitrogen and oxygen atoms in total. The van der Waals surface area contributed by atoms with E-state index in [2.05, 4.69) is 24.8 Å². The van der Waals surface area contributed by atoms with E-state index in [1.807, 2.05) is 12.3 Å². The topological polar surface area (TPSA) is 49.2 Å². The Kier molecular flexibility index (Phi) is 7.42.